The molecule has 0 saturated carbocycles. The van der Waals surface area contributed by atoms with Crippen molar-refractivity contribution in [3.63, 3.8) is 0 Å². The Morgan fingerprint density at radius 1 is 0.731 bits per heavy atom. The first-order valence-corrected chi connectivity index (χ1v) is 8.89. The minimum Gasteiger partial charge on any atom is -0.399 e. The maximum Gasteiger partial charge on any atom is 0.0690 e. The molecule has 2 aliphatic rings. The van der Waals surface area contributed by atoms with E-state index in [1.165, 1.54) is 22.3 Å². The third kappa shape index (κ3) is 2.53. The van der Waals surface area contributed by atoms with Gasteiger partial charge >= 0.3 is 0 Å². The highest BCUT2D eigenvalue weighted by molar-refractivity contribution is 6.09. The first-order valence-electron chi connectivity index (χ1n) is 8.89. The molecule has 0 unspecified atom stereocenters. The Kier molecular flexibility index (Phi) is 3.29. The zero-order chi connectivity index (χ0) is 17.7. The van der Waals surface area contributed by atoms with Crippen LogP contribution in [-0.4, -0.2) is 11.4 Å². The molecule has 0 aromatic heterocycles. The van der Waals surface area contributed by atoms with Gasteiger partial charge in [0.2, 0.25) is 0 Å². The molecule has 126 valence electrons. The minimum atomic E-state index is 0.774. The van der Waals surface area contributed by atoms with Gasteiger partial charge in [-0.3, -0.25) is 9.98 Å². The second-order valence-corrected chi connectivity index (χ2v) is 7.08. The second kappa shape index (κ2) is 5.67. The molecule has 3 aromatic carbocycles. The summed E-state index contributed by atoms with van der Waals surface area (Å²) >= 11 is 0. The average Bonchev–Trinajstić information content (AvgIpc) is 3.22. The molecule has 2 aliphatic heterocycles. The maximum absolute atomic E-state index is 5.92. The zero-order valence-electron chi connectivity index (χ0n) is 14.7. The number of aliphatic imine (C=N–C) groups is 2. The van der Waals surface area contributed by atoms with Crippen LogP contribution in [0.25, 0.3) is 0 Å². The van der Waals surface area contributed by atoms with Gasteiger partial charge in [-0.15, -0.1) is 0 Å². The van der Waals surface area contributed by atoms with Crippen molar-refractivity contribution in [2.75, 3.05) is 5.73 Å². The predicted molar refractivity (Wildman–Crippen MR) is 108 cm³/mol. The van der Waals surface area contributed by atoms with E-state index >= 15 is 0 Å². The zero-order valence-corrected chi connectivity index (χ0v) is 14.7. The molecule has 0 radical (unpaired) electrons. The van der Waals surface area contributed by atoms with Gasteiger partial charge in [0.05, 0.1) is 22.8 Å². The third-order valence-electron chi connectivity index (χ3n) is 5.08. The first kappa shape index (κ1) is 15.1. The molecule has 0 saturated heterocycles. The Morgan fingerprint density at radius 2 is 1.35 bits per heavy atom. The molecule has 3 nitrogen and oxygen atoms in total. The maximum atomic E-state index is 5.92. The summed E-state index contributed by atoms with van der Waals surface area (Å²) in [4.78, 5) is 9.72. The third-order valence-corrected chi connectivity index (χ3v) is 5.08. The van der Waals surface area contributed by atoms with Crippen molar-refractivity contribution in [1.82, 2.24) is 0 Å². The highest BCUT2D eigenvalue weighted by Gasteiger charge is 2.22. The monoisotopic (exact) mass is 337 g/mol. The molecule has 0 atom stereocenters. The van der Waals surface area contributed by atoms with Crippen LogP contribution >= 0.6 is 0 Å². The van der Waals surface area contributed by atoms with Gasteiger partial charge in [0.15, 0.2) is 0 Å². The lowest BCUT2D eigenvalue weighted by molar-refractivity contribution is 1.31. The van der Waals surface area contributed by atoms with Crippen LogP contribution in [0.4, 0.5) is 17.1 Å². The van der Waals surface area contributed by atoms with Crippen molar-refractivity contribution >= 4 is 28.5 Å². The standard InChI is InChI=1S/C23H19N3/c1-14-4-2-5-15(8-14)20-11-17-9-18-12-21(16-6-3-7-19(24)10-16)26-23(18)13-22(17)25-20/h2-10,13H,11-12,24H2,1H3. The van der Waals surface area contributed by atoms with Crippen LogP contribution < -0.4 is 5.73 Å². The van der Waals surface area contributed by atoms with E-state index in [-0.39, 0.29) is 0 Å². The van der Waals surface area contributed by atoms with E-state index in [4.69, 9.17) is 15.7 Å². The highest BCUT2D eigenvalue weighted by Crippen LogP contribution is 2.38. The Bertz CT molecular complexity index is 1020. The molecule has 26 heavy (non-hydrogen) atoms. The number of benzene rings is 3. The quantitative estimate of drug-likeness (QED) is 0.662. The summed E-state index contributed by atoms with van der Waals surface area (Å²) in [6.07, 6.45) is 1.74. The van der Waals surface area contributed by atoms with Gasteiger partial charge in [-0.2, -0.15) is 0 Å². The van der Waals surface area contributed by atoms with Gasteiger partial charge in [0.25, 0.3) is 0 Å². The lowest BCUT2D eigenvalue weighted by Gasteiger charge is -2.03. The van der Waals surface area contributed by atoms with Gasteiger partial charge < -0.3 is 5.73 Å². The summed E-state index contributed by atoms with van der Waals surface area (Å²) < 4.78 is 0. The summed E-state index contributed by atoms with van der Waals surface area (Å²) in [6, 6.07) is 20.9. The molecule has 0 aliphatic carbocycles. The SMILES string of the molecule is Cc1cccc(C2=Nc3cc4c(cc3C2)CC(c2cccc(N)c2)=N4)c1. The van der Waals surface area contributed by atoms with Crippen molar-refractivity contribution in [2.45, 2.75) is 19.8 Å². The van der Waals surface area contributed by atoms with Gasteiger partial charge in [0, 0.05) is 18.5 Å². The average molecular weight is 337 g/mol. The minimum absolute atomic E-state index is 0.774. The van der Waals surface area contributed by atoms with Crippen molar-refractivity contribution < 1.29 is 0 Å². The van der Waals surface area contributed by atoms with Gasteiger partial charge in [-0.05, 0) is 47.4 Å². The molecule has 0 amide bonds. The van der Waals surface area contributed by atoms with E-state index in [0.29, 0.717) is 0 Å². The molecular formula is C23H19N3. The largest absolute Gasteiger partial charge is 0.399 e. The van der Waals surface area contributed by atoms with Crippen molar-refractivity contribution in [1.29, 1.82) is 0 Å². The Morgan fingerprint density at radius 3 is 1.96 bits per heavy atom. The van der Waals surface area contributed by atoms with E-state index in [2.05, 4.69) is 49.4 Å². The van der Waals surface area contributed by atoms with Gasteiger partial charge in [-0.1, -0.05) is 48.0 Å². The van der Waals surface area contributed by atoms with Crippen LogP contribution in [0.1, 0.15) is 27.8 Å². The molecule has 3 heteroatoms. The van der Waals surface area contributed by atoms with E-state index in [1.807, 2.05) is 18.2 Å². The fourth-order valence-corrected chi connectivity index (χ4v) is 3.77. The fraction of sp³-hybridized carbons (Fsp3) is 0.130. The van der Waals surface area contributed by atoms with Crippen LogP contribution in [-0.2, 0) is 12.8 Å². The van der Waals surface area contributed by atoms with Crippen LogP contribution in [0.15, 0.2) is 70.6 Å². The van der Waals surface area contributed by atoms with Crippen LogP contribution in [0.3, 0.4) is 0 Å². The highest BCUT2D eigenvalue weighted by atomic mass is 14.8. The fourth-order valence-electron chi connectivity index (χ4n) is 3.77. The molecule has 0 spiro atoms. The molecule has 2 N–H and O–H groups in total. The molecule has 0 fully saturated rings. The molecule has 0 bridgehead atoms. The van der Waals surface area contributed by atoms with Gasteiger partial charge in [0.1, 0.15) is 0 Å². The van der Waals surface area contributed by atoms with Gasteiger partial charge in [-0.25, -0.2) is 0 Å². The van der Waals surface area contributed by atoms with Crippen molar-refractivity contribution in [3.8, 4) is 0 Å². The number of aryl methyl sites for hydroxylation is 1. The predicted octanol–water partition coefficient (Wildman–Crippen LogP) is 4.93. The van der Waals surface area contributed by atoms with Crippen LogP contribution in [0.2, 0.25) is 0 Å². The van der Waals surface area contributed by atoms with Crippen LogP contribution in [0, 0.1) is 6.92 Å². The smallest absolute Gasteiger partial charge is 0.0690 e. The Balaban J connectivity index is 1.50. The van der Waals surface area contributed by atoms with E-state index < -0.39 is 0 Å². The molecule has 2 heterocycles. The lowest BCUT2D eigenvalue weighted by atomic mass is 9.99. The summed E-state index contributed by atoms with van der Waals surface area (Å²) in [7, 11) is 0. The number of nitrogens with zero attached hydrogens (tertiary/aromatic N) is 2. The molecule has 3 aromatic rings. The number of hydrogen-bond acceptors (Lipinski definition) is 3. The Hall–Kier alpha value is -3.20. The summed E-state index contributed by atoms with van der Waals surface area (Å²) in [5, 5.41) is 0. The summed E-state index contributed by atoms with van der Waals surface area (Å²) in [5.41, 5.74) is 17.2. The van der Waals surface area contributed by atoms with Crippen molar-refractivity contribution in [3.05, 3.63) is 88.5 Å². The number of nitrogens with two attached hydrogens (primary N) is 1. The van der Waals surface area contributed by atoms with E-state index in [0.717, 1.165) is 46.9 Å². The number of hydrogen-bond donors (Lipinski definition) is 1. The summed E-state index contributed by atoms with van der Waals surface area (Å²) in [6.45, 7) is 2.12. The number of fused-ring (bicyclic) bond motifs is 2. The number of nitrogen functional groups attached to an aromatic ring is 1. The van der Waals surface area contributed by atoms with Crippen LogP contribution in [0.5, 0.6) is 0 Å². The van der Waals surface area contributed by atoms with E-state index in [9.17, 15) is 0 Å². The number of anilines is 1. The summed E-state index contributed by atoms with van der Waals surface area (Å²) in [5.74, 6) is 0. The first-order chi connectivity index (χ1) is 12.7. The second-order valence-electron chi connectivity index (χ2n) is 7.08. The lowest BCUT2D eigenvalue weighted by Crippen LogP contribution is -2.02. The number of rotatable bonds is 2. The normalized spacial score (nSPS) is 14.7. The topological polar surface area (TPSA) is 50.7 Å². The molecule has 5 rings (SSSR count). The molecular weight excluding hydrogens is 318 g/mol. The van der Waals surface area contributed by atoms with Crippen molar-refractivity contribution in [2.24, 2.45) is 9.98 Å². The van der Waals surface area contributed by atoms with E-state index in [1.54, 1.807) is 0 Å². The Labute approximate surface area is 152 Å².